The number of hydrogen-bond acceptors (Lipinski definition) is 8. The van der Waals surface area contributed by atoms with Gasteiger partial charge in [0.1, 0.15) is 29.8 Å². The average molecular weight is 548 g/mol. The first-order chi connectivity index (χ1) is 17.6. The van der Waals surface area contributed by atoms with Crippen LogP contribution < -0.4 is 10.6 Å². The smallest absolute Gasteiger partial charge is 0.352 e. The Hall–Kier alpha value is -3.65. The number of rotatable bonds is 7. The molecule has 2 saturated heterocycles. The van der Waals surface area contributed by atoms with Gasteiger partial charge in [-0.15, -0.1) is 11.8 Å². The molecule has 0 spiro atoms. The third-order valence-corrected chi connectivity index (χ3v) is 7.80. The maximum absolute atomic E-state index is 13.4. The predicted molar refractivity (Wildman–Crippen MR) is 136 cm³/mol. The van der Waals surface area contributed by atoms with E-state index in [0.717, 1.165) is 4.90 Å². The van der Waals surface area contributed by atoms with Gasteiger partial charge in [0.05, 0.1) is 0 Å². The number of carbonyl (C=O) groups excluding carboxylic acids is 4. The number of benzene rings is 1. The summed E-state index contributed by atoms with van der Waals surface area (Å²) in [5, 5.41) is 14.8. The van der Waals surface area contributed by atoms with E-state index in [4.69, 9.17) is 17.0 Å². The zero-order chi connectivity index (χ0) is 26.9. The van der Waals surface area contributed by atoms with Crippen LogP contribution >= 0.6 is 24.0 Å². The van der Waals surface area contributed by atoms with Crippen LogP contribution in [-0.4, -0.2) is 98.6 Å². The number of esters is 1. The quantitative estimate of drug-likeness (QED) is 0.247. The van der Waals surface area contributed by atoms with Crippen LogP contribution in [0.15, 0.2) is 41.6 Å². The number of amides is 4. The number of likely N-dealkylation sites (N-methyl/N-ethyl adjacent to an activating group) is 1. The van der Waals surface area contributed by atoms with Crippen LogP contribution in [0.1, 0.15) is 18.5 Å². The highest BCUT2D eigenvalue weighted by atomic mass is 32.2. The fraction of sp³-hybridized carbons (Fsp3) is 0.391. The number of carboxylic acid groups (broad SMARTS) is 1. The Morgan fingerprint density at radius 3 is 2.51 bits per heavy atom. The Bertz CT molecular complexity index is 1190. The second kappa shape index (κ2) is 10.8. The average Bonchev–Trinajstić information content (AvgIpc) is 3.21. The molecule has 4 rings (SSSR count). The molecule has 196 valence electrons. The summed E-state index contributed by atoms with van der Waals surface area (Å²) in [6.07, 6.45) is 0. The van der Waals surface area contributed by atoms with Crippen LogP contribution in [-0.2, 0) is 23.9 Å². The number of nitrogens with one attached hydrogen (secondary N) is 2. The molecule has 2 fully saturated rings. The van der Waals surface area contributed by atoms with E-state index in [0.29, 0.717) is 24.2 Å². The summed E-state index contributed by atoms with van der Waals surface area (Å²) < 4.78 is 4.94. The first kappa shape index (κ1) is 26.4. The molecule has 3 heterocycles. The SMILES string of the molecule is CC(=O)OCC1=C(C(=O)O)N2C(=O)C(NC(=O)[C@H](NC(=S)N3CCN(C)C3=O)c3ccccc3)[C@H]2SC1. The Morgan fingerprint density at radius 2 is 1.92 bits per heavy atom. The molecule has 0 saturated carbocycles. The molecule has 37 heavy (non-hydrogen) atoms. The fourth-order valence-corrected chi connectivity index (χ4v) is 5.82. The van der Waals surface area contributed by atoms with E-state index in [1.165, 1.54) is 28.5 Å². The van der Waals surface area contributed by atoms with Crippen LogP contribution in [0.4, 0.5) is 4.79 Å². The lowest BCUT2D eigenvalue weighted by Crippen LogP contribution is -2.71. The normalized spacial score (nSPS) is 21.7. The number of ether oxygens (including phenoxy) is 1. The molecule has 12 nitrogen and oxygen atoms in total. The minimum atomic E-state index is -1.32. The second-order valence-electron chi connectivity index (χ2n) is 8.58. The van der Waals surface area contributed by atoms with Gasteiger partial charge in [0, 0.05) is 38.4 Å². The minimum Gasteiger partial charge on any atom is -0.477 e. The lowest BCUT2D eigenvalue weighted by Gasteiger charge is -2.49. The van der Waals surface area contributed by atoms with Crippen molar-refractivity contribution in [3.8, 4) is 0 Å². The summed E-state index contributed by atoms with van der Waals surface area (Å²) in [4.78, 5) is 65.8. The highest BCUT2D eigenvalue weighted by Crippen LogP contribution is 2.40. The summed E-state index contributed by atoms with van der Waals surface area (Å²) in [5.41, 5.74) is 0.629. The molecule has 1 aromatic carbocycles. The van der Waals surface area contributed by atoms with Crippen molar-refractivity contribution in [3.63, 3.8) is 0 Å². The minimum absolute atomic E-state index is 0.0816. The molecule has 0 radical (unpaired) electrons. The van der Waals surface area contributed by atoms with Crippen molar-refractivity contribution < 1.29 is 33.8 Å². The molecule has 0 bridgehead atoms. The van der Waals surface area contributed by atoms with Gasteiger partial charge >= 0.3 is 18.0 Å². The van der Waals surface area contributed by atoms with Gasteiger partial charge in [-0.3, -0.25) is 24.2 Å². The summed E-state index contributed by atoms with van der Waals surface area (Å²) in [7, 11) is 1.65. The first-order valence-corrected chi connectivity index (χ1v) is 12.8. The number of thioether (sulfide) groups is 1. The van der Waals surface area contributed by atoms with Crippen LogP contribution in [0.5, 0.6) is 0 Å². The molecule has 4 amide bonds. The molecule has 3 atom stereocenters. The van der Waals surface area contributed by atoms with Gasteiger partial charge in [-0.25, -0.2) is 9.59 Å². The third-order valence-electron chi connectivity index (χ3n) is 6.12. The maximum Gasteiger partial charge on any atom is 0.352 e. The fourth-order valence-electron chi connectivity index (χ4n) is 4.20. The molecule has 1 unspecified atom stereocenters. The van der Waals surface area contributed by atoms with E-state index in [9.17, 15) is 29.1 Å². The predicted octanol–water partition coefficient (Wildman–Crippen LogP) is 0.271. The number of carbonyl (C=O) groups is 5. The summed E-state index contributed by atoms with van der Waals surface area (Å²) >= 11 is 6.68. The Labute approximate surface area is 222 Å². The number of β-lactam (4-membered cyclic amide) rings is 1. The number of nitrogens with zero attached hydrogens (tertiary/aromatic N) is 3. The monoisotopic (exact) mass is 547 g/mol. The Balaban J connectivity index is 1.50. The van der Waals surface area contributed by atoms with E-state index in [-0.39, 0.29) is 29.2 Å². The number of carboxylic acids is 1. The molecule has 3 N–H and O–H groups in total. The molecule has 3 aliphatic heterocycles. The van der Waals surface area contributed by atoms with E-state index in [1.807, 2.05) is 0 Å². The number of fused-ring (bicyclic) bond motifs is 1. The van der Waals surface area contributed by atoms with Gasteiger partial charge in [0.15, 0.2) is 5.11 Å². The zero-order valence-corrected chi connectivity index (χ0v) is 21.6. The van der Waals surface area contributed by atoms with E-state index < -0.39 is 41.2 Å². The lowest BCUT2D eigenvalue weighted by molar-refractivity contribution is -0.151. The molecule has 0 aromatic heterocycles. The van der Waals surface area contributed by atoms with Gasteiger partial charge < -0.3 is 25.4 Å². The topological polar surface area (TPSA) is 149 Å². The van der Waals surface area contributed by atoms with Gasteiger partial charge in [0.25, 0.3) is 5.91 Å². The van der Waals surface area contributed by atoms with Gasteiger partial charge in [-0.1, -0.05) is 30.3 Å². The number of aliphatic carboxylic acids is 1. The summed E-state index contributed by atoms with van der Waals surface area (Å²) in [5.74, 6) is -2.82. The van der Waals surface area contributed by atoms with E-state index >= 15 is 0 Å². The Morgan fingerprint density at radius 1 is 1.22 bits per heavy atom. The Kier molecular flexibility index (Phi) is 7.68. The highest BCUT2D eigenvalue weighted by Gasteiger charge is 2.54. The van der Waals surface area contributed by atoms with Gasteiger partial charge in [-0.05, 0) is 17.8 Å². The van der Waals surface area contributed by atoms with E-state index in [2.05, 4.69) is 10.6 Å². The van der Waals surface area contributed by atoms with Crippen LogP contribution in [0, 0.1) is 0 Å². The molecular weight excluding hydrogens is 522 g/mol. The van der Waals surface area contributed by atoms with Crippen LogP contribution in [0.25, 0.3) is 0 Å². The zero-order valence-electron chi connectivity index (χ0n) is 20.0. The molecule has 3 aliphatic rings. The summed E-state index contributed by atoms with van der Waals surface area (Å²) in [6, 6.07) is 6.46. The highest BCUT2D eigenvalue weighted by molar-refractivity contribution is 8.00. The van der Waals surface area contributed by atoms with Crippen LogP contribution in [0.3, 0.4) is 0 Å². The standard InChI is InChI=1S/C23H25N5O7S2/c1-12(29)35-10-14-11-37-20-16(19(31)28(20)17(14)21(32)33)24-18(30)15(13-6-4-3-5-7-13)25-22(36)27-9-8-26(2)23(27)34/h3-7,15-16,20H,8-11H2,1-2H3,(H,24,30)(H,25,36)(H,32,33)/t15-,16?,20-/m1/s1. The van der Waals surface area contributed by atoms with Crippen molar-refractivity contribution in [2.24, 2.45) is 0 Å². The molecule has 14 heteroatoms. The van der Waals surface area contributed by atoms with Crippen molar-refractivity contribution in [2.75, 3.05) is 32.5 Å². The van der Waals surface area contributed by atoms with Crippen molar-refractivity contribution in [1.82, 2.24) is 25.3 Å². The summed E-state index contributed by atoms with van der Waals surface area (Å²) in [6.45, 7) is 1.84. The number of thiocarbonyl (C=S) groups is 1. The van der Waals surface area contributed by atoms with E-state index in [1.54, 1.807) is 37.4 Å². The number of urea groups is 1. The van der Waals surface area contributed by atoms with Crippen molar-refractivity contribution >= 4 is 58.9 Å². The first-order valence-electron chi connectivity index (χ1n) is 11.3. The van der Waals surface area contributed by atoms with Crippen molar-refractivity contribution in [3.05, 3.63) is 47.2 Å². The molecular formula is C23H25N5O7S2. The van der Waals surface area contributed by atoms with Gasteiger partial charge in [-0.2, -0.15) is 0 Å². The van der Waals surface area contributed by atoms with Crippen molar-refractivity contribution in [2.45, 2.75) is 24.4 Å². The second-order valence-corrected chi connectivity index (χ2v) is 10.1. The van der Waals surface area contributed by atoms with Crippen LogP contribution in [0.2, 0.25) is 0 Å². The maximum atomic E-state index is 13.4. The lowest BCUT2D eigenvalue weighted by atomic mass is 10.0. The molecule has 1 aromatic rings. The largest absolute Gasteiger partial charge is 0.477 e. The molecule has 0 aliphatic carbocycles. The van der Waals surface area contributed by atoms with Gasteiger partial charge in [0.2, 0.25) is 5.91 Å². The third kappa shape index (κ3) is 5.25. The number of hydrogen-bond donors (Lipinski definition) is 3. The van der Waals surface area contributed by atoms with Crippen molar-refractivity contribution in [1.29, 1.82) is 0 Å².